The Kier molecular flexibility index (Phi) is 2.11. The number of hydrogen-bond donors (Lipinski definition) is 1. The molecule has 0 fully saturated rings. The molecule has 0 saturated carbocycles. The van der Waals surface area contributed by atoms with Gasteiger partial charge in [0.2, 0.25) is 0 Å². The first kappa shape index (κ1) is 9.89. The molecule has 17 heavy (non-hydrogen) atoms. The van der Waals surface area contributed by atoms with Crippen LogP contribution in [0.1, 0.15) is 11.3 Å². The molecule has 0 unspecified atom stereocenters. The highest BCUT2D eigenvalue weighted by Gasteiger charge is 2.15. The van der Waals surface area contributed by atoms with Crippen molar-refractivity contribution in [3.05, 3.63) is 42.0 Å². The molecule has 0 aliphatic carbocycles. The van der Waals surface area contributed by atoms with Gasteiger partial charge in [-0.3, -0.25) is 5.32 Å². The maximum Gasteiger partial charge on any atom is 0.411 e. The van der Waals surface area contributed by atoms with Gasteiger partial charge in [0.05, 0.1) is 17.7 Å². The fourth-order valence-electron chi connectivity index (χ4n) is 1.83. The van der Waals surface area contributed by atoms with Gasteiger partial charge in [-0.1, -0.05) is 0 Å². The number of anilines is 1. The number of ether oxygens (including phenoxy) is 1. The van der Waals surface area contributed by atoms with Crippen LogP contribution in [0.15, 0.2) is 30.7 Å². The second-order valence-electron chi connectivity index (χ2n) is 3.96. The summed E-state index contributed by atoms with van der Waals surface area (Å²) in [7, 11) is 0. The van der Waals surface area contributed by atoms with E-state index in [1.807, 2.05) is 35.9 Å². The number of carbonyl (C=O) groups is 1. The molecule has 2 aromatic rings. The largest absolute Gasteiger partial charge is 0.444 e. The molecule has 3 rings (SSSR count). The first-order valence-corrected chi connectivity index (χ1v) is 5.30. The average Bonchev–Trinajstić information content (AvgIpc) is 2.75. The summed E-state index contributed by atoms with van der Waals surface area (Å²) in [6, 6.07) is 5.79. The number of benzene rings is 1. The minimum Gasteiger partial charge on any atom is -0.444 e. The Hall–Kier alpha value is -2.30. The van der Waals surface area contributed by atoms with Gasteiger partial charge in [-0.15, -0.1) is 0 Å². The van der Waals surface area contributed by atoms with Gasteiger partial charge in [0.1, 0.15) is 6.61 Å². The summed E-state index contributed by atoms with van der Waals surface area (Å²) < 4.78 is 6.86. The zero-order valence-corrected chi connectivity index (χ0v) is 9.30. The van der Waals surface area contributed by atoms with Gasteiger partial charge < -0.3 is 9.30 Å². The quantitative estimate of drug-likeness (QED) is 0.815. The number of cyclic esters (lactones) is 1. The molecule has 0 saturated heterocycles. The SMILES string of the molecule is Cc1cn(-c2ccc3c(c2)COC(=O)N3)cn1. The second kappa shape index (κ2) is 3.62. The molecule has 86 valence electrons. The smallest absolute Gasteiger partial charge is 0.411 e. The summed E-state index contributed by atoms with van der Waals surface area (Å²) in [6.07, 6.45) is 3.31. The summed E-state index contributed by atoms with van der Waals surface area (Å²) >= 11 is 0. The molecule has 0 radical (unpaired) electrons. The number of nitrogens with one attached hydrogen (secondary N) is 1. The van der Waals surface area contributed by atoms with E-state index in [9.17, 15) is 4.79 Å². The molecule has 5 nitrogen and oxygen atoms in total. The molecule has 0 spiro atoms. The number of aryl methyl sites for hydroxylation is 1. The third-order valence-electron chi connectivity index (χ3n) is 2.69. The number of carbonyl (C=O) groups excluding carboxylic acids is 1. The summed E-state index contributed by atoms with van der Waals surface area (Å²) in [6.45, 7) is 2.25. The van der Waals surface area contributed by atoms with E-state index in [4.69, 9.17) is 4.74 Å². The maximum atomic E-state index is 11.0. The standard InChI is InChI=1S/C12H11N3O2/c1-8-5-15(7-13-8)10-2-3-11-9(4-10)6-17-12(16)14-11/h2-5,7H,6H2,1H3,(H,14,16). The zero-order valence-electron chi connectivity index (χ0n) is 9.30. The molecule has 0 bridgehead atoms. The molecule has 2 heterocycles. The summed E-state index contributed by atoms with van der Waals surface area (Å²) in [4.78, 5) is 15.2. The minimum atomic E-state index is -0.399. The van der Waals surface area contributed by atoms with Gasteiger partial charge in [0, 0.05) is 17.4 Å². The van der Waals surface area contributed by atoms with Crippen LogP contribution in [0.4, 0.5) is 10.5 Å². The summed E-state index contributed by atoms with van der Waals surface area (Å²) in [5, 5.41) is 2.66. The van der Waals surface area contributed by atoms with Crippen LogP contribution in [0.3, 0.4) is 0 Å². The van der Waals surface area contributed by atoms with Crippen LogP contribution >= 0.6 is 0 Å². The lowest BCUT2D eigenvalue weighted by atomic mass is 10.1. The van der Waals surface area contributed by atoms with E-state index >= 15 is 0 Å². The number of hydrogen-bond acceptors (Lipinski definition) is 3. The Morgan fingerprint density at radius 2 is 2.35 bits per heavy atom. The number of fused-ring (bicyclic) bond motifs is 1. The van der Waals surface area contributed by atoms with E-state index in [1.54, 1.807) is 6.33 Å². The molecule has 0 atom stereocenters. The monoisotopic (exact) mass is 229 g/mol. The predicted octanol–water partition coefficient (Wildman–Crippen LogP) is 2.24. The highest BCUT2D eigenvalue weighted by molar-refractivity contribution is 5.87. The lowest BCUT2D eigenvalue weighted by Crippen LogP contribution is -2.20. The van der Waals surface area contributed by atoms with Crippen molar-refractivity contribution >= 4 is 11.8 Å². The third-order valence-corrected chi connectivity index (χ3v) is 2.69. The van der Waals surface area contributed by atoms with E-state index in [2.05, 4.69) is 10.3 Å². The predicted molar refractivity (Wildman–Crippen MR) is 62.1 cm³/mol. The Labute approximate surface area is 98.0 Å². The fourth-order valence-corrected chi connectivity index (χ4v) is 1.83. The molecule has 1 amide bonds. The van der Waals surface area contributed by atoms with Crippen molar-refractivity contribution < 1.29 is 9.53 Å². The zero-order chi connectivity index (χ0) is 11.8. The Morgan fingerprint density at radius 3 is 3.12 bits per heavy atom. The lowest BCUT2D eigenvalue weighted by Gasteiger charge is -2.18. The van der Waals surface area contributed by atoms with Crippen molar-refractivity contribution in [2.75, 3.05) is 5.32 Å². The number of nitrogens with zero attached hydrogens (tertiary/aromatic N) is 2. The maximum absolute atomic E-state index is 11.0. The van der Waals surface area contributed by atoms with Crippen molar-refractivity contribution in [1.82, 2.24) is 9.55 Å². The highest BCUT2D eigenvalue weighted by atomic mass is 16.5. The van der Waals surface area contributed by atoms with Crippen LogP contribution in [-0.4, -0.2) is 15.6 Å². The molecule has 1 aliphatic heterocycles. The van der Waals surface area contributed by atoms with Crippen LogP contribution in [-0.2, 0) is 11.3 Å². The number of aromatic nitrogens is 2. The fraction of sp³-hybridized carbons (Fsp3) is 0.167. The first-order chi connectivity index (χ1) is 8.22. The van der Waals surface area contributed by atoms with Crippen LogP contribution in [0, 0.1) is 6.92 Å². The third kappa shape index (κ3) is 1.75. The first-order valence-electron chi connectivity index (χ1n) is 5.30. The molecule has 5 heteroatoms. The molecule has 1 aromatic heterocycles. The molecular weight excluding hydrogens is 218 g/mol. The van der Waals surface area contributed by atoms with Gasteiger partial charge in [0.15, 0.2) is 0 Å². The topological polar surface area (TPSA) is 56.1 Å². The lowest BCUT2D eigenvalue weighted by molar-refractivity contribution is 0.151. The molecule has 1 aliphatic rings. The number of amides is 1. The van der Waals surface area contributed by atoms with E-state index in [0.29, 0.717) is 6.61 Å². The molecule has 1 aromatic carbocycles. The minimum absolute atomic E-state index is 0.308. The van der Waals surface area contributed by atoms with Gasteiger partial charge >= 0.3 is 6.09 Å². The van der Waals surface area contributed by atoms with Crippen LogP contribution in [0.25, 0.3) is 5.69 Å². The van der Waals surface area contributed by atoms with Gasteiger partial charge in [0.25, 0.3) is 0 Å². The van der Waals surface area contributed by atoms with Gasteiger partial charge in [-0.25, -0.2) is 9.78 Å². The van der Waals surface area contributed by atoms with Crippen molar-refractivity contribution in [1.29, 1.82) is 0 Å². The summed E-state index contributed by atoms with van der Waals surface area (Å²) in [5.74, 6) is 0. The van der Waals surface area contributed by atoms with Crippen molar-refractivity contribution in [2.24, 2.45) is 0 Å². The second-order valence-corrected chi connectivity index (χ2v) is 3.96. The average molecular weight is 229 g/mol. The Bertz CT molecular complexity index is 589. The van der Waals surface area contributed by atoms with Gasteiger partial charge in [-0.05, 0) is 25.1 Å². The number of rotatable bonds is 1. The van der Waals surface area contributed by atoms with Crippen LogP contribution in [0.2, 0.25) is 0 Å². The van der Waals surface area contributed by atoms with Crippen molar-refractivity contribution in [3.8, 4) is 5.69 Å². The Morgan fingerprint density at radius 1 is 1.47 bits per heavy atom. The van der Waals surface area contributed by atoms with Crippen molar-refractivity contribution in [3.63, 3.8) is 0 Å². The van der Waals surface area contributed by atoms with E-state index in [0.717, 1.165) is 22.6 Å². The molecular formula is C12H11N3O2. The van der Waals surface area contributed by atoms with E-state index in [-0.39, 0.29) is 0 Å². The van der Waals surface area contributed by atoms with E-state index < -0.39 is 6.09 Å². The Balaban J connectivity index is 2.01. The summed E-state index contributed by atoms with van der Waals surface area (Å²) in [5.41, 5.74) is 3.74. The van der Waals surface area contributed by atoms with Crippen LogP contribution in [0.5, 0.6) is 0 Å². The normalized spacial score (nSPS) is 13.8. The van der Waals surface area contributed by atoms with Crippen molar-refractivity contribution in [2.45, 2.75) is 13.5 Å². The van der Waals surface area contributed by atoms with Gasteiger partial charge in [-0.2, -0.15) is 0 Å². The van der Waals surface area contributed by atoms with E-state index in [1.165, 1.54) is 0 Å². The number of imidazole rings is 1. The molecule has 1 N–H and O–H groups in total. The highest BCUT2D eigenvalue weighted by Crippen LogP contribution is 2.24. The van der Waals surface area contributed by atoms with Crippen LogP contribution < -0.4 is 5.32 Å².